The van der Waals surface area contributed by atoms with Gasteiger partial charge in [-0.1, -0.05) is 78.3 Å². The van der Waals surface area contributed by atoms with Crippen LogP contribution in [0, 0.1) is 12.7 Å². The van der Waals surface area contributed by atoms with Gasteiger partial charge in [-0.25, -0.2) is 23.8 Å². The first kappa shape index (κ1) is 46.7. The second-order valence-electron chi connectivity index (χ2n) is 15.5. The first-order valence-electron chi connectivity index (χ1n) is 20.7. The summed E-state index contributed by atoms with van der Waals surface area (Å²) >= 11 is 7.82. The third-order valence-corrected chi connectivity index (χ3v) is 12.1. The molecular formula is C46H53ClFN7O7S. The number of aromatic nitrogens is 3. The van der Waals surface area contributed by atoms with E-state index in [-0.39, 0.29) is 56.1 Å². The lowest BCUT2D eigenvalue weighted by molar-refractivity contribution is 0.0593. The zero-order valence-electron chi connectivity index (χ0n) is 36.2. The maximum absolute atomic E-state index is 15.0. The number of hydrogen-bond donors (Lipinski definition) is 0. The molecule has 1 aliphatic heterocycles. The van der Waals surface area contributed by atoms with E-state index in [1.54, 1.807) is 18.0 Å². The molecular weight excluding hydrogens is 849 g/mol. The van der Waals surface area contributed by atoms with Crippen LogP contribution in [0.15, 0.2) is 78.9 Å². The molecule has 0 bridgehead atoms. The zero-order chi connectivity index (χ0) is 44.9. The van der Waals surface area contributed by atoms with E-state index < -0.39 is 30.0 Å². The van der Waals surface area contributed by atoms with E-state index >= 15 is 0 Å². The van der Waals surface area contributed by atoms with Crippen LogP contribution in [0.25, 0.3) is 0 Å². The molecule has 2 amide bonds. The number of nitrogens with zero attached hydrogens (tertiary/aromatic N) is 7. The molecule has 1 atom stereocenters. The van der Waals surface area contributed by atoms with Gasteiger partial charge in [-0.2, -0.15) is 0 Å². The largest absolute Gasteiger partial charge is 0.491 e. The fourth-order valence-electron chi connectivity index (χ4n) is 7.07. The van der Waals surface area contributed by atoms with Gasteiger partial charge in [0.25, 0.3) is 0 Å². The summed E-state index contributed by atoms with van der Waals surface area (Å²) in [6, 6.07) is 23.2. The number of benzene rings is 3. The second-order valence-corrected chi connectivity index (χ2v) is 16.9. The van der Waals surface area contributed by atoms with Gasteiger partial charge < -0.3 is 33.6 Å². The third-order valence-electron chi connectivity index (χ3n) is 10.6. The summed E-state index contributed by atoms with van der Waals surface area (Å²) in [5.74, 6) is -0.400. The van der Waals surface area contributed by atoms with Gasteiger partial charge in [-0.05, 0) is 94.1 Å². The van der Waals surface area contributed by atoms with Gasteiger partial charge in [-0.3, -0.25) is 4.90 Å². The average molecular weight is 902 g/mol. The van der Waals surface area contributed by atoms with Crippen molar-refractivity contribution in [3.8, 4) is 5.75 Å². The summed E-state index contributed by atoms with van der Waals surface area (Å²) in [7, 11) is 6.92. The Morgan fingerprint density at radius 2 is 1.54 bits per heavy atom. The van der Waals surface area contributed by atoms with E-state index in [9.17, 15) is 18.8 Å². The van der Waals surface area contributed by atoms with Crippen molar-refractivity contribution in [3.63, 3.8) is 0 Å². The molecule has 0 unspecified atom stereocenters. The monoisotopic (exact) mass is 901 g/mol. The first-order chi connectivity index (χ1) is 30.4. The molecule has 0 aliphatic carbocycles. The minimum Gasteiger partial charge on any atom is -0.491 e. The number of esters is 1. The highest BCUT2D eigenvalue weighted by molar-refractivity contribution is 7.16. The van der Waals surface area contributed by atoms with Crippen LogP contribution in [0.1, 0.15) is 56.0 Å². The fourth-order valence-corrected chi connectivity index (χ4v) is 8.32. The van der Waals surface area contributed by atoms with Crippen molar-refractivity contribution in [2.75, 3.05) is 65.9 Å². The lowest BCUT2D eigenvalue weighted by atomic mass is 9.97. The summed E-state index contributed by atoms with van der Waals surface area (Å²) in [6.07, 6.45) is 1.71. The second kappa shape index (κ2) is 22.5. The Hall–Kier alpha value is -5.84. The number of ether oxygens (including phenoxy) is 4. The van der Waals surface area contributed by atoms with E-state index in [2.05, 4.69) is 15.1 Å². The summed E-state index contributed by atoms with van der Waals surface area (Å²) in [5.41, 5.74) is 4.10. The average Bonchev–Trinajstić information content (AvgIpc) is 3.72. The minimum absolute atomic E-state index is 0.0333. The summed E-state index contributed by atoms with van der Waals surface area (Å²) in [4.78, 5) is 52.7. The molecule has 63 heavy (non-hydrogen) atoms. The van der Waals surface area contributed by atoms with E-state index in [0.717, 1.165) is 41.6 Å². The first-order valence-corrected chi connectivity index (χ1v) is 21.9. The normalized spacial score (nSPS) is 13.3. The Labute approximate surface area is 376 Å². The van der Waals surface area contributed by atoms with Crippen molar-refractivity contribution in [1.82, 2.24) is 29.9 Å². The van der Waals surface area contributed by atoms with Crippen molar-refractivity contribution in [3.05, 3.63) is 128 Å². The molecule has 0 N–H and O–H groups in total. The van der Waals surface area contributed by atoms with Crippen molar-refractivity contribution < 1.29 is 37.7 Å². The fraction of sp³-hybridized carbons (Fsp3) is 0.391. The number of halogens is 2. The number of aryl methyl sites for hydroxylation is 2. The number of thiazole rings is 1. The van der Waals surface area contributed by atoms with Crippen molar-refractivity contribution in [2.45, 2.75) is 58.3 Å². The molecule has 5 aromatic rings. The summed E-state index contributed by atoms with van der Waals surface area (Å²) < 4.78 is 37.4. The number of carbonyl (C=O) groups excluding carboxylic acids is 3. The van der Waals surface area contributed by atoms with Gasteiger partial charge in [0.05, 0.1) is 19.8 Å². The standard InChI is InChI=1S/C46H53ClFN7O7S/c1-31-36-27-35(54(46(58)62-30-34-16-10-7-11-17-34)24-23-53(4)45(57)61-29-33-14-8-6-9-15-33)28-55(42(36)51-50-41(31)47)44-49-40(43(56)59-5)39(63-44)19-13-25-60-38-21-20-32(26-37(38)48)18-12-22-52(2)3/h6-11,14-17,20-21,26,35H,12-13,18-19,22-25,27-30H2,1-5H3/t35-/m1/s1. The van der Waals surface area contributed by atoms with Crippen LogP contribution in [-0.2, 0) is 46.7 Å². The van der Waals surface area contributed by atoms with Gasteiger partial charge in [0, 0.05) is 37.1 Å². The van der Waals surface area contributed by atoms with Gasteiger partial charge in [-0.15, -0.1) is 21.5 Å². The van der Waals surface area contributed by atoms with Gasteiger partial charge in [0.1, 0.15) is 13.2 Å². The number of amides is 2. The molecule has 17 heteroatoms. The molecule has 0 saturated carbocycles. The molecule has 0 spiro atoms. The number of likely N-dealkylation sites (N-methyl/N-ethyl adjacent to an activating group) is 1. The van der Waals surface area contributed by atoms with E-state index in [1.807, 2.05) is 92.6 Å². The van der Waals surface area contributed by atoms with Crippen molar-refractivity contribution >= 4 is 52.0 Å². The van der Waals surface area contributed by atoms with Crippen LogP contribution in [0.5, 0.6) is 5.75 Å². The Balaban J connectivity index is 1.21. The molecule has 1 aliphatic rings. The highest BCUT2D eigenvalue weighted by atomic mass is 35.5. The number of methoxy groups -OCH3 is 1. The molecule has 0 saturated heterocycles. The van der Waals surface area contributed by atoms with Crippen molar-refractivity contribution in [2.24, 2.45) is 0 Å². The van der Waals surface area contributed by atoms with Gasteiger partial charge in [0.15, 0.2) is 33.4 Å². The Kier molecular flexibility index (Phi) is 16.7. The molecule has 0 fully saturated rings. The highest BCUT2D eigenvalue weighted by Gasteiger charge is 2.37. The lowest BCUT2D eigenvalue weighted by Gasteiger charge is -2.39. The SMILES string of the molecule is COC(=O)c1nc(N2C[C@H](N(CCN(C)C(=O)OCc3ccccc3)C(=O)OCc3ccccc3)Cc3c2nnc(Cl)c3C)sc1CCCOc1ccc(CCCN(C)C)cc1F. The van der Waals surface area contributed by atoms with Crippen LogP contribution >= 0.6 is 22.9 Å². The molecule has 0 radical (unpaired) electrons. The Morgan fingerprint density at radius 3 is 2.19 bits per heavy atom. The quantitative estimate of drug-likeness (QED) is 0.0448. The predicted molar refractivity (Wildman–Crippen MR) is 239 cm³/mol. The summed E-state index contributed by atoms with van der Waals surface area (Å²) in [6.45, 7) is 3.48. The van der Waals surface area contributed by atoms with Crippen LogP contribution < -0.4 is 9.64 Å². The minimum atomic E-state index is -0.621. The zero-order valence-corrected chi connectivity index (χ0v) is 37.8. The van der Waals surface area contributed by atoms with E-state index in [0.29, 0.717) is 40.7 Å². The number of carbonyl (C=O) groups is 3. The van der Waals surface area contributed by atoms with Crippen molar-refractivity contribution in [1.29, 1.82) is 0 Å². The molecule has 14 nitrogen and oxygen atoms in total. The smallest absolute Gasteiger partial charge is 0.410 e. The Morgan fingerprint density at radius 1 is 0.857 bits per heavy atom. The third kappa shape index (κ3) is 12.6. The molecule has 6 rings (SSSR count). The van der Waals surface area contributed by atoms with Crippen LogP contribution in [0.4, 0.5) is 24.9 Å². The molecule has 2 aromatic heterocycles. The predicted octanol–water partition coefficient (Wildman–Crippen LogP) is 8.30. The lowest BCUT2D eigenvalue weighted by Crippen LogP contribution is -2.52. The number of hydrogen-bond acceptors (Lipinski definition) is 13. The number of fused-ring (bicyclic) bond motifs is 1. The van der Waals surface area contributed by atoms with Gasteiger partial charge in [0.2, 0.25) is 0 Å². The Bertz CT molecular complexity index is 2320. The van der Waals surface area contributed by atoms with Gasteiger partial charge >= 0.3 is 18.2 Å². The maximum Gasteiger partial charge on any atom is 0.410 e. The maximum atomic E-state index is 15.0. The van der Waals surface area contributed by atoms with E-state index in [1.165, 1.54) is 29.4 Å². The number of anilines is 2. The van der Waals surface area contributed by atoms with Crippen LogP contribution in [-0.4, -0.2) is 115 Å². The highest BCUT2D eigenvalue weighted by Crippen LogP contribution is 2.39. The van der Waals surface area contributed by atoms with Crippen LogP contribution in [0.2, 0.25) is 5.15 Å². The molecule has 334 valence electrons. The molecule has 3 aromatic carbocycles. The number of rotatable bonds is 19. The summed E-state index contributed by atoms with van der Waals surface area (Å²) in [5, 5.41) is 9.31. The van der Waals surface area contributed by atoms with E-state index in [4.69, 9.17) is 35.5 Å². The molecule has 3 heterocycles. The van der Waals surface area contributed by atoms with Crippen LogP contribution in [0.3, 0.4) is 0 Å². The topological polar surface area (TPSA) is 140 Å².